The predicted octanol–water partition coefficient (Wildman–Crippen LogP) is 1.24. The molecule has 0 saturated carbocycles. The van der Waals surface area contributed by atoms with Gasteiger partial charge in [0.05, 0.1) is 11.0 Å². The van der Waals surface area contributed by atoms with E-state index in [0.29, 0.717) is 16.7 Å². The molecule has 0 unspecified atom stereocenters. The summed E-state index contributed by atoms with van der Waals surface area (Å²) in [6, 6.07) is 5.55. The standard InChI is InChI=1S/C12H12BrN3O2/c1-7-8(3-2-4-10(7)14)5-16-6-9(13)11(17)15-12(16)18/h2-4,6H,5,14H2,1H3,(H,15,17,18). The monoisotopic (exact) mass is 309 g/mol. The molecular formula is C12H12BrN3O2. The van der Waals surface area contributed by atoms with Gasteiger partial charge in [0, 0.05) is 11.9 Å². The van der Waals surface area contributed by atoms with Crippen LogP contribution in [0.5, 0.6) is 0 Å². The van der Waals surface area contributed by atoms with Gasteiger partial charge in [-0.1, -0.05) is 12.1 Å². The molecule has 2 aromatic rings. The molecule has 6 heteroatoms. The quantitative estimate of drug-likeness (QED) is 0.819. The topological polar surface area (TPSA) is 80.9 Å². The molecule has 0 spiro atoms. The minimum Gasteiger partial charge on any atom is -0.399 e. The summed E-state index contributed by atoms with van der Waals surface area (Å²) in [6.45, 7) is 2.27. The summed E-state index contributed by atoms with van der Waals surface area (Å²) in [6.07, 6.45) is 1.48. The molecule has 1 aromatic carbocycles. The summed E-state index contributed by atoms with van der Waals surface area (Å²) >= 11 is 3.10. The SMILES string of the molecule is Cc1c(N)cccc1Cn1cc(Br)c(=O)[nH]c1=O. The molecule has 94 valence electrons. The van der Waals surface area contributed by atoms with Crippen molar-refractivity contribution in [2.24, 2.45) is 0 Å². The van der Waals surface area contributed by atoms with Crippen LogP contribution in [-0.2, 0) is 6.54 Å². The van der Waals surface area contributed by atoms with Crippen molar-refractivity contribution in [3.63, 3.8) is 0 Å². The number of aromatic amines is 1. The summed E-state index contributed by atoms with van der Waals surface area (Å²) in [5.74, 6) is 0. The zero-order valence-corrected chi connectivity index (χ0v) is 11.3. The number of nitrogens with zero attached hydrogens (tertiary/aromatic N) is 1. The highest BCUT2D eigenvalue weighted by atomic mass is 79.9. The number of nitrogens with one attached hydrogen (secondary N) is 1. The number of halogens is 1. The number of rotatable bonds is 2. The van der Waals surface area contributed by atoms with Crippen LogP contribution in [0.4, 0.5) is 5.69 Å². The zero-order valence-electron chi connectivity index (χ0n) is 9.74. The predicted molar refractivity (Wildman–Crippen MR) is 73.7 cm³/mol. The number of hydrogen-bond acceptors (Lipinski definition) is 3. The normalized spacial score (nSPS) is 10.6. The maximum atomic E-state index is 11.6. The van der Waals surface area contributed by atoms with Gasteiger partial charge in [-0.3, -0.25) is 14.3 Å². The number of hydrogen-bond donors (Lipinski definition) is 2. The Balaban J connectivity index is 2.47. The molecule has 0 saturated heterocycles. The molecule has 1 aromatic heterocycles. The fourth-order valence-corrected chi connectivity index (χ4v) is 2.00. The van der Waals surface area contributed by atoms with Crippen molar-refractivity contribution in [3.8, 4) is 0 Å². The van der Waals surface area contributed by atoms with Gasteiger partial charge in [-0.15, -0.1) is 0 Å². The first-order valence-electron chi connectivity index (χ1n) is 5.32. The smallest absolute Gasteiger partial charge is 0.328 e. The Kier molecular flexibility index (Phi) is 3.38. The van der Waals surface area contributed by atoms with Crippen LogP contribution in [0.25, 0.3) is 0 Å². The zero-order chi connectivity index (χ0) is 13.3. The van der Waals surface area contributed by atoms with Gasteiger partial charge in [0.25, 0.3) is 5.56 Å². The molecular weight excluding hydrogens is 298 g/mol. The van der Waals surface area contributed by atoms with E-state index in [1.165, 1.54) is 10.8 Å². The molecule has 0 aliphatic carbocycles. The lowest BCUT2D eigenvalue weighted by atomic mass is 10.1. The summed E-state index contributed by atoms with van der Waals surface area (Å²) in [5.41, 5.74) is 7.50. The number of nitrogens with two attached hydrogens (primary N) is 1. The Morgan fingerprint density at radius 3 is 2.83 bits per heavy atom. The molecule has 0 amide bonds. The fraction of sp³-hybridized carbons (Fsp3) is 0.167. The lowest BCUT2D eigenvalue weighted by molar-refractivity contribution is 0.713. The van der Waals surface area contributed by atoms with E-state index in [2.05, 4.69) is 20.9 Å². The molecule has 0 radical (unpaired) electrons. The first kappa shape index (κ1) is 12.6. The van der Waals surface area contributed by atoms with E-state index in [4.69, 9.17) is 5.73 Å². The van der Waals surface area contributed by atoms with Crippen molar-refractivity contribution in [3.05, 3.63) is 60.8 Å². The Morgan fingerprint density at radius 1 is 1.39 bits per heavy atom. The van der Waals surface area contributed by atoms with Crippen LogP contribution in [-0.4, -0.2) is 9.55 Å². The molecule has 0 atom stereocenters. The van der Waals surface area contributed by atoms with E-state index in [-0.39, 0.29) is 0 Å². The first-order valence-corrected chi connectivity index (χ1v) is 6.11. The molecule has 0 aliphatic heterocycles. The van der Waals surface area contributed by atoms with Gasteiger partial charge in [0.1, 0.15) is 0 Å². The Bertz CT molecular complexity index is 703. The van der Waals surface area contributed by atoms with Crippen molar-refractivity contribution in [1.29, 1.82) is 0 Å². The minimum absolute atomic E-state index is 0.323. The molecule has 2 rings (SSSR count). The van der Waals surface area contributed by atoms with Gasteiger partial charge in [0.2, 0.25) is 0 Å². The van der Waals surface area contributed by atoms with Gasteiger partial charge in [-0.25, -0.2) is 4.79 Å². The van der Waals surface area contributed by atoms with Gasteiger partial charge in [0.15, 0.2) is 0 Å². The highest BCUT2D eigenvalue weighted by Gasteiger charge is 2.06. The van der Waals surface area contributed by atoms with E-state index in [1.54, 1.807) is 0 Å². The van der Waals surface area contributed by atoms with Crippen LogP contribution >= 0.6 is 15.9 Å². The van der Waals surface area contributed by atoms with Gasteiger partial charge in [-0.2, -0.15) is 0 Å². The number of benzene rings is 1. The minimum atomic E-state index is -0.440. The summed E-state index contributed by atoms with van der Waals surface area (Å²) in [5, 5.41) is 0. The molecule has 0 aliphatic rings. The Labute approximate surface area is 111 Å². The van der Waals surface area contributed by atoms with Crippen molar-refractivity contribution in [2.75, 3.05) is 5.73 Å². The number of H-pyrrole nitrogens is 1. The Hall–Kier alpha value is -1.82. The number of anilines is 1. The summed E-state index contributed by atoms with van der Waals surface area (Å²) in [7, 11) is 0. The molecule has 18 heavy (non-hydrogen) atoms. The summed E-state index contributed by atoms with van der Waals surface area (Å²) in [4.78, 5) is 25.1. The largest absolute Gasteiger partial charge is 0.399 e. The highest BCUT2D eigenvalue weighted by Crippen LogP contribution is 2.16. The first-order chi connectivity index (χ1) is 8.49. The van der Waals surface area contributed by atoms with Crippen LogP contribution in [0.2, 0.25) is 0 Å². The average molecular weight is 310 g/mol. The van der Waals surface area contributed by atoms with Crippen molar-refractivity contribution < 1.29 is 0 Å². The van der Waals surface area contributed by atoms with Crippen LogP contribution in [0.3, 0.4) is 0 Å². The van der Waals surface area contributed by atoms with Gasteiger partial charge in [-0.05, 0) is 40.0 Å². The van der Waals surface area contributed by atoms with Crippen molar-refractivity contribution >= 4 is 21.6 Å². The maximum Gasteiger partial charge on any atom is 0.328 e. The lowest BCUT2D eigenvalue weighted by Crippen LogP contribution is -2.30. The van der Waals surface area contributed by atoms with Crippen LogP contribution in [0.1, 0.15) is 11.1 Å². The van der Waals surface area contributed by atoms with E-state index in [1.807, 2.05) is 25.1 Å². The molecule has 1 heterocycles. The van der Waals surface area contributed by atoms with E-state index in [0.717, 1.165) is 11.1 Å². The third kappa shape index (κ3) is 2.38. The third-order valence-electron chi connectivity index (χ3n) is 2.80. The van der Waals surface area contributed by atoms with Gasteiger partial charge < -0.3 is 5.73 Å². The highest BCUT2D eigenvalue weighted by molar-refractivity contribution is 9.10. The van der Waals surface area contributed by atoms with Crippen LogP contribution in [0.15, 0.2) is 38.5 Å². The molecule has 3 N–H and O–H groups in total. The van der Waals surface area contributed by atoms with Crippen molar-refractivity contribution in [2.45, 2.75) is 13.5 Å². The third-order valence-corrected chi connectivity index (χ3v) is 3.36. The second kappa shape index (κ2) is 4.81. The van der Waals surface area contributed by atoms with E-state index in [9.17, 15) is 9.59 Å². The average Bonchev–Trinajstić information content (AvgIpc) is 2.32. The fourth-order valence-electron chi connectivity index (χ4n) is 1.66. The van der Waals surface area contributed by atoms with Crippen LogP contribution < -0.4 is 17.0 Å². The van der Waals surface area contributed by atoms with Crippen LogP contribution in [0, 0.1) is 6.92 Å². The van der Waals surface area contributed by atoms with Crippen molar-refractivity contribution in [1.82, 2.24) is 9.55 Å². The lowest BCUT2D eigenvalue weighted by Gasteiger charge is -2.10. The molecule has 0 bridgehead atoms. The van der Waals surface area contributed by atoms with Gasteiger partial charge >= 0.3 is 5.69 Å². The molecule has 0 fully saturated rings. The second-order valence-corrected chi connectivity index (χ2v) is 4.85. The summed E-state index contributed by atoms with van der Waals surface area (Å²) < 4.78 is 1.75. The molecule has 5 nitrogen and oxygen atoms in total. The number of aromatic nitrogens is 2. The second-order valence-electron chi connectivity index (χ2n) is 4.00. The number of nitrogen functional groups attached to an aromatic ring is 1. The van der Waals surface area contributed by atoms with E-state index >= 15 is 0 Å². The maximum absolute atomic E-state index is 11.6. The van der Waals surface area contributed by atoms with E-state index < -0.39 is 11.2 Å². The Morgan fingerprint density at radius 2 is 2.11 bits per heavy atom.